The number of nitro benzene ring substituents is 1. The van der Waals surface area contributed by atoms with Crippen LogP contribution < -0.4 is 0 Å². The maximum atomic E-state index is 11.4. The van der Waals surface area contributed by atoms with Crippen LogP contribution in [0.3, 0.4) is 0 Å². The average molecular weight is 352 g/mol. The molecule has 3 rings (SSSR count). The standard InChI is InChI=1S/C17H12N4O3S/c22-14-5-3-13(4-6-14)20-11-12-2-7-16(15(10-12)21(23)24)25-17-18-8-1-9-19-17/h1-11,22H. The number of nitro groups is 1. The van der Waals surface area contributed by atoms with Crippen LogP contribution in [0.25, 0.3) is 0 Å². The van der Waals surface area contributed by atoms with E-state index in [0.29, 0.717) is 21.3 Å². The summed E-state index contributed by atoms with van der Waals surface area (Å²) in [5.74, 6) is 0.152. The highest BCUT2D eigenvalue weighted by Crippen LogP contribution is 2.33. The predicted octanol–water partition coefficient (Wildman–Crippen LogP) is 3.99. The molecular formula is C17H12N4O3S. The first-order valence-corrected chi connectivity index (χ1v) is 8.00. The minimum Gasteiger partial charge on any atom is -0.508 e. The van der Waals surface area contributed by atoms with Gasteiger partial charge in [-0.2, -0.15) is 0 Å². The summed E-state index contributed by atoms with van der Waals surface area (Å²) >= 11 is 1.13. The van der Waals surface area contributed by atoms with Gasteiger partial charge in [-0.25, -0.2) is 9.97 Å². The first kappa shape index (κ1) is 16.6. The minimum atomic E-state index is -0.441. The summed E-state index contributed by atoms with van der Waals surface area (Å²) in [6.45, 7) is 0. The van der Waals surface area contributed by atoms with Crippen molar-refractivity contribution in [2.24, 2.45) is 4.99 Å². The number of hydrogen-bond donors (Lipinski definition) is 1. The van der Waals surface area contributed by atoms with E-state index in [2.05, 4.69) is 15.0 Å². The molecule has 0 amide bonds. The van der Waals surface area contributed by atoms with Crippen molar-refractivity contribution >= 4 is 29.4 Å². The lowest BCUT2D eigenvalue weighted by Crippen LogP contribution is -1.94. The molecule has 0 fully saturated rings. The van der Waals surface area contributed by atoms with Crippen molar-refractivity contribution in [2.75, 3.05) is 0 Å². The van der Waals surface area contributed by atoms with E-state index in [9.17, 15) is 15.2 Å². The smallest absolute Gasteiger partial charge is 0.283 e. The molecule has 0 aliphatic carbocycles. The Labute approximate surface area is 147 Å². The van der Waals surface area contributed by atoms with Crippen LogP contribution in [0, 0.1) is 10.1 Å². The fourth-order valence-electron chi connectivity index (χ4n) is 1.97. The molecule has 7 nitrogen and oxygen atoms in total. The molecule has 124 valence electrons. The largest absolute Gasteiger partial charge is 0.508 e. The van der Waals surface area contributed by atoms with Gasteiger partial charge < -0.3 is 5.11 Å². The number of nitrogens with zero attached hydrogens (tertiary/aromatic N) is 4. The molecule has 0 radical (unpaired) electrons. The lowest BCUT2D eigenvalue weighted by atomic mass is 10.2. The molecule has 0 saturated heterocycles. The van der Waals surface area contributed by atoms with Gasteiger partial charge in [0.05, 0.1) is 15.5 Å². The number of aromatic nitrogens is 2. The van der Waals surface area contributed by atoms with Gasteiger partial charge in [0.15, 0.2) is 5.16 Å². The van der Waals surface area contributed by atoms with Crippen LogP contribution in [0.2, 0.25) is 0 Å². The zero-order valence-electron chi connectivity index (χ0n) is 12.8. The van der Waals surface area contributed by atoms with Gasteiger partial charge >= 0.3 is 0 Å². The summed E-state index contributed by atoms with van der Waals surface area (Å²) in [4.78, 5) is 23.7. The van der Waals surface area contributed by atoms with Crippen molar-refractivity contribution in [3.63, 3.8) is 0 Å². The van der Waals surface area contributed by atoms with Gasteiger partial charge in [0, 0.05) is 24.7 Å². The van der Waals surface area contributed by atoms with Crippen LogP contribution in [0.5, 0.6) is 5.75 Å². The van der Waals surface area contributed by atoms with Crippen molar-refractivity contribution in [1.29, 1.82) is 0 Å². The molecule has 1 aromatic heterocycles. The second-order valence-electron chi connectivity index (χ2n) is 4.89. The molecule has 8 heteroatoms. The van der Waals surface area contributed by atoms with Crippen molar-refractivity contribution in [1.82, 2.24) is 9.97 Å². The lowest BCUT2D eigenvalue weighted by Gasteiger charge is -2.03. The monoisotopic (exact) mass is 352 g/mol. The zero-order valence-corrected chi connectivity index (χ0v) is 13.6. The van der Waals surface area contributed by atoms with Crippen molar-refractivity contribution in [2.45, 2.75) is 10.1 Å². The van der Waals surface area contributed by atoms with Gasteiger partial charge in [-0.3, -0.25) is 15.1 Å². The SMILES string of the molecule is O=[N+]([O-])c1cc(C=Nc2ccc(O)cc2)ccc1Sc1ncccn1. The molecule has 0 bridgehead atoms. The Kier molecular flexibility index (Phi) is 5.00. The first-order valence-electron chi connectivity index (χ1n) is 7.18. The molecule has 0 unspecified atom stereocenters. The van der Waals surface area contributed by atoms with E-state index >= 15 is 0 Å². The number of aromatic hydroxyl groups is 1. The van der Waals surface area contributed by atoms with Crippen LogP contribution in [-0.4, -0.2) is 26.2 Å². The Morgan fingerprint density at radius 2 is 1.84 bits per heavy atom. The molecule has 0 saturated carbocycles. The van der Waals surface area contributed by atoms with Gasteiger partial charge in [-0.05, 0) is 53.7 Å². The normalized spacial score (nSPS) is 10.9. The number of hydrogen-bond acceptors (Lipinski definition) is 7. The van der Waals surface area contributed by atoms with E-state index in [1.807, 2.05) is 0 Å². The van der Waals surface area contributed by atoms with Crippen LogP contribution in [0.15, 0.2) is 76.0 Å². The summed E-state index contributed by atoms with van der Waals surface area (Å²) in [6.07, 6.45) is 4.70. The van der Waals surface area contributed by atoms with E-state index in [0.717, 1.165) is 11.8 Å². The van der Waals surface area contributed by atoms with E-state index in [4.69, 9.17) is 0 Å². The van der Waals surface area contributed by atoms with Crippen molar-refractivity contribution in [3.8, 4) is 5.75 Å². The predicted molar refractivity (Wildman–Crippen MR) is 94.6 cm³/mol. The number of phenolic OH excluding ortho intramolecular Hbond substituents is 1. The lowest BCUT2D eigenvalue weighted by molar-refractivity contribution is -0.387. The second kappa shape index (κ2) is 7.54. The Morgan fingerprint density at radius 3 is 2.52 bits per heavy atom. The maximum absolute atomic E-state index is 11.4. The Hall–Kier alpha value is -3.26. The minimum absolute atomic E-state index is 0.0351. The fraction of sp³-hybridized carbons (Fsp3) is 0. The molecule has 0 aliphatic rings. The molecule has 0 spiro atoms. The molecule has 1 N–H and O–H groups in total. The highest BCUT2D eigenvalue weighted by atomic mass is 32.2. The van der Waals surface area contributed by atoms with E-state index in [-0.39, 0.29) is 11.4 Å². The molecule has 0 aliphatic heterocycles. The molecule has 2 aromatic carbocycles. The molecule has 3 aromatic rings. The Morgan fingerprint density at radius 1 is 1.12 bits per heavy atom. The summed E-state index contributed by atoms with van der Waals surface area (Å²) in [5.41, 5.74) is 1.20. The van der Waals surface area contributed by atoms with Crippen LogP contribution in [-0.2, 0) is 0 Å². The third-order valence-electron chi connectivity index (χ3n) is 3.14. The van der Waals surface area contributed by atoms with Gasteiger partial charge in [0.25, 0.3) is 5.69 Å². The third-order valence-corrected chi connectivity index (χ3v) is 4.09. The maximum Gasteiger partial charge on any atom is 0.283 e. The third kappa shape index (κ3) is 4.39. The van der Waals surface area contributed by atoms with Crippen molar-refractivity contribution in [3.05, 3.63) is 76.6 Å². The van der Waals surface area contributed by atoms with E-state index < -0.39 is 4.92 Å². The Balaban J connectivity index is 1.86. The zero-order chi connectivity index (χ0) is 17.6. The Bertz CT molecular complexity index is 915. The average Bonchev–Trinajstić information content (AvgIpc) is 2.63. The van der Waals surface area contributed by atoms with E-state index in [1.165, 1.54) is 24.4 Å². The van der Waals surface area contributed by atoms with Gasteiger partial charge in [-0.1, -0.05) is 6.07 Å². The topological polar surface area (TPSA) is 102 Å². The van der Waals surface area contributed by atoms with Gasteiger partial charge in [-0.15, -0.1) is 0 Å². The summed E-state index contributed by atoms with van der Waals surface area (Å²) in [6, 6.07) is 12.9. The van der Waals surface area contributed by atoms with Crippen LogP contribution in [0.4, 0.5) is 11.4 Å². The van der Waals surface area contributed by atoms with Crippen LogP contribution >= 0.6 is 11.8 Å². The highest BCUT2D eigenvalue weighted by Gasteiger charge is 2.16. The summed E-state index contributed by atoms with van der Waals surface area (Å²) in [5, 5.41) is 21.0. The number of phenols is 1. The molecular weight excluding hydrogens is 340 g/mol. The van der Waals surface area contributed by atoms with Crippen LogP contribution in [0.1, 0.15) is 5.56 Å². The fourth-order valence-corrected chi connectivity index (χ4v) is 2.77. The number of rotatable bonds is 5. The number of benzene rings is 2. The highest BCUT2D eigenvalue weighted by molar-refractivity contribution is 7.99. The summed E-state index contributed by atoms with van der Waals surface area (Å²) in [7, 11) is 0. The molecule has 1 heterocycles. The number of aliphatic imine (C=N–C) groups is 1. The summed E-state index contributed by atoms with van der Waals surface area (Å²) < 4.78 is 0. The quantitative estimate of drug-likeness (QED) is 0.322. The second-order valence-corrected chi connectivity index (χ2v) is 5.90. The van der Waals surface area contributed by atoms with Gasteiger partial charge in [0.1, 0.15) is 5.75 Å². The van der Waals surface area contributed by atoms with E-state index in [1.54, 1.807) is 42.7 Å². The van der Waals surface area contributed by atoms with Crippen molar-refractivity contribution < 1.29 is 10.0 Å². The molecule has 25 heavy (non-hydrogen) atoms. The first-order chi connectivity index (χ1) is 12.1. The molecule has 0 atom stereocenters. The van der Waals surface area contributed by atoms with Gasteiger partial charge in [0.2, 0.25) is 0 Å².